The average Bonchev–Trinajstić information content (AvgIpc) is 2.96. The molecule has 1 N–H and O–H groups in total. The summed E-state index contributed by atoms with van der Waals surface area (Å²) in [4.78, 5) is 7.36. The average molecular weight is 267 g/mol. The van der Waals surface area contributed by atoms with E-state index in [1.165, 1.54) is 30.0 Å². The summed E-state index contributed by atoms with van der Waals surface area (Å²) < 4.78 is 0. The summed E-state index contributed by atoms with van der Waals surface area (Å²) in [5.41, 5.74) is 1.25. The van der Waals surface area contributed by atoms with Crippen molar-refractivity contribution in [1.82, 2.24) is 15.2 Å². The second kappa shape index (κ2) is 6.64. The molecule has 102 valence electrons. The number of thiazole rings is 1. The van der Waals surface area contributed by atoms with Gasteiger partial charge in [0.2, 0.25) is 0 Å². The maximum absolute atomic E-state index is 4.73. The predicted octanol–water partition coefficient (Wildman–Crippen LogP) is 3.02. The third kappa shape index (κ3) is 3.31. The highest BCUT2D eigenvalue weighted by Gasteiger charge is 2.29. The largest absolute Gasteiger partial charge is 0.311 e. The Hall–Kier alpha value is -0.450. The van der Waals surface area contributed by atoms with Crippen molar-refractivity contribution < 1.29 is 0 Å². The van der Waals surface area contributed by atoms with E-state index in [2.05, 4.69) is 36.4 Å². The first-order chi connectivity index (χ1) is 8.74. The molecule has 1 aromatic rings. The Kier molecular flexibility index (Phi) is 5.15. The van der Waals surface area contributed by atoms with Crippen LogP contribution in [-0.2, 0) is 13.1 Å². The van der Waals surface area contributed by atoms with Gasteiger partial charge in [-0.1, -0.05) is 13.8 Å². The van der Waals surface area contributed by atoms with E-state index in [9.17, 15) is 0 Å². The second-order valence-electron chi connectivity index (χ2n) is 5.17. The normalized spacial score (nSPS) is 24.8. The molecule has 0 radical (unpaired) electrons. The van der Waals surface area contributed by atoms with Gasteiger partial charge in [-0.25, -0.2) is 4.98 Å². The summed E-state index contributed by atoms with van der Waals surface area (Å²) in [6, 6.07) is 1.48. The Morgan fingerprint density at radius 2 is 2.28 bits per heavy atom. The molecule has 3 nitrogen and oxygen atoms in total. The van der Waals surface area contributed by atoms with Crippen molar-refractivity contribution in [2.24, 2.45) is 0 Å². The van der Waals surface area contributed by atoms with E-state index in [1.54, 1.807) is 11.3 Å². The minimum absolute atomic E-state index is 0.717. The van der Waals surface area contributed by atoms with Crippen molar-refractivity contribution in [3.8, 4) is 0 Å². The van der Waals surface area contributed by atoms with Crippen LogP contribution in [0.3, 0.4) is 0 Å². The van der Waals surface area contributed by atoms with Crippen LogP contribution in [0.15, 0.2) is 5.38 Å². The smallest absolute Gasteiger partial charge is 0.107 e. The fourth-order valence-corrected chi connectivity index (χ4v) is 3.53. The number of likely N-dealkylation sites (tertiary alicyclic amines) is 1. The van der Waals surface area contributed by atoms with E-state index in [-0.39, 0.29) is 0 Å². The van der Waals surface area contributed by atoms with Gasteiger partial charge in [0.05, 0.1) is 5.69 Å². The SMILES string of the molecule is CCNCc1nc(CN2C(C)CCC2CC)cs1. The first kappa shape index (κ1) is 14.0. The van der Waals surface area contributed by atoms with Crippen LogP contribution in [0.2, 0.25) is 0 Å². The lowest BCUT2D eigenvalue weighted by molar-refractivity contribution is 0.187. The summed E-state index contributed by atoms with van der Waals surface area (Å²) >= 11 is 1.78. The molecule has 1 fully saturated rings. The number of hydrogen-bond donors (Lipinski definition) is 1. The van der Waals surface area contributed by atoms with Crippen LogP contribution in [0.1, 0.15) is 50.7 Å². The first-order valence-electron chi connectivity index (χ1n) is 7.14. The van der Waals surface area contributed by atoms with Crippen LogP contribution in [0, 0.1) is 0 Å². The zero-order valence-electron chi connectivity index (χ0n) is 11.8. The Bertz CT molecular complexity index is 364. The number of nitrogens with zero attached hydrogens (tertiary/aromatic N) is 2. The van der Waals surface area contributed by atoms with Crippen LogP contribution >= 0.6 is 11.3 Å². The molecule has 0 amide bonds. The summed E-state index contributed by atoms with van der Waals surface area (Å²) in [7, 11) is 0. The molecule has 0 aromatic carbocycles. The summed E-state index contributed by atoms with van der Waals surface area (Å²) in [5, 5.41) is 6.78. The van der Waals surface area contributed by atoms with Gasteiger partial charge in [-0.3, -0.25) is 4.90 Å². The standard InChI is InChI=1S/C14H25N3S/c1-4-13-7-6-11(3)17(13)9-12-10-18-14(16-12)8-15-5-2/h10-11,13,15H,4-9H2,1-3H3. The topological polar surface area (TPSA) is 28.2 Å². The molecule has 1 saturated heterocycles. The van der Waals surface area contributed by atoms with E-state index >= 15 is 0 Å². The van der Waals surface area contributed by atoms with Gasteiger partial charge in [-0.2, -0.15) is 0 Å². The van der Waals surface area contributed by atoms with Crippen LogP contribution < -0.4 is 5.32 Å². The van der Waals surface area contributed by atoms with E-state index < -0.39 is 0 Å². The quantitative estimate of drug-likeness (QED) is 0.859. The van der Waals surface area contributed by atoms with E-state index in [1.807, 2.05) is 0 Å². The number of nitrogens with one attached hydrogen (secondary N) is 1. The lowest BCUT2D eigenvalue weighted by atomic mass is 10.1. The zero-order valence-corrected chi connectivity index (χ0v) is 12.6. The molecule has 1 aliphatic rings. The highest BCUT2D eigenvalue weighted by molar-refractivity contribution is 7.09. The molecule has 1 aromatic heterocycles. The summed E-state index contributed by atoms with van der Waals surface area (Å²) in [6.07, 6.45) is 3.96. The molecule has 0 bridgehead atoms. The van der Waals surface area contributed by atoms with Gasteiger partial charge in [0.15, 0.2) is 0 Å². The molecule has 2 heterocycles. The Morgan fingerprint density at radius 1 is 1.44 bits per heavy atom. The van der Waals surface area contributed by atoms with Gasteiger partial charge in [0.1, 0.15) is 5.01 Å². The monoisotopic (exact) mass is 267 g/mol. The fourth-order valence-electron chi connectivity index (χ4n) is 2.77. The van der Waals surface area contributed by atoms with E-state index in [0.717, 1.165) is 25.7 Å². The predicted molar refractivity (Wildman–Crippen MR) is 77.8 cm³/mol. The fraction of sp³-hybridized carbons (Fsp3) is 0.786. The summed E-state index contributed by atoms with van der Waals surface area (Å²) in [6.45, 7) is 9.73. The number of aromatic nitrogens is 1. The van der Waals surface area contributed by atoms with Gasteiger partial charge < -0.3 is 5.32 Å². The molecule has 1 aliphatic heterocycles. The second-order valence-corrected chi connectivity index (χ2v) is 6.12. The van der Waals surface area contributed by atoms with Crippen molar-refractivity contribution in [3.05, 3.63) is 16.1 Å². The van der Waals surface area contributed by atoms with E-state index in [0.29, 0.717) is 6.04 Å². The zero-order chi connectivity index (χ0) is 13.0. The molecule has 2 unspecified atom stereocenters. The molecule has 0 aliphatic carbocycles. The molecule has 4 heteroatoms. The number of rotatable bonds is 6. The van der Waals surface area contributed by atoms with Crippen molar-refractivity contribution in [1.29, 1.82) is 0 Å². The minimum Gasteiger partial charge on any atom is -0.311 e. The Morgan fingerprint density at radius 3 is 3.00 bits per heavy atom. The molecule has 18 heavy (non-hydrogen) atoms. The molecule has 0 saturated carbocycles. The lowest BCUT2D eigenvalue weighted by Gasteiger charge is -2.26. The van der Waals surface area contributed by atoms with Gasteiger partial charge in [-0.15, -0.1) is 11.3 Å². The summed E-state index contributed by atoms with van der Waals surface area (Å²) in [5.74, 6) is 0. The van der Waals surface area contributed by atoms with Crippen LogP contribution in [0.4, 0.5) is 0 Å². The van der Waals surface area contributed by atoms with Gasteiger partial charge >= 0.3 is 0 Å². The Balaban J connectivity index is 1.93. The van der Waals surface area contributed by atoms with Gasteiger partial charge in [0, 0.05) is 30.6 Å². The Labute approximate surface area is 115 Å². The third-order valence-electron chi connectivity index (χ3n) is 3.89. The van der Waals surface area contributed by atoms with Crippen molar-refractivity contribution in [2.75, 3.05) is 6.54 Å². The van der Waals surface area contributed by atoms with Crippen LogP contribution in [0.25, 0.3) is 0 Å². The van der Waals surface area contributed by atoms with Gasteiger partial charge in [0.25, 0.3) is 0 Å². The van der Waals surface area contributed by atoms with E-state index in [4.69, 9.17) is 4.98 Å². The van der Waals surface area contributed by atoms with Crippen molar-refractivity contribution in [2.45, 2.75) is 65.2 Å². The van der Waals surface area contributed by atoms with Crippen molar-refractivity contribution in [3.63, 3.8) is 0 Å². The van der Waals surface area contributed by atoms with Crippen LogP contribution in [-0.4, -0.2) is 28.5 Å². The highest BCUT2D eigenvalue weighted by atomic mass is 32.1. The number of hydrogen-bond acceptors (Lipinski definition) is 4. The molecule has 2 atom stereocenters. The van der Waals surface area contributed by atoms with Crippen LogP contribution in [0.5, 0.6) is 0 Å². The molecule has 2 rings (SSSR count). The lowest BCUT2D eigenvalue weighted by Crippen LogP contribution is -2.33. The molecular weight excluding hydrogens is 242 g/mol. The third-order valence-corrected chi connectivity index (χ3v) is 4.79. The highest BCUT2D eigenvalue weighted by Crippen LogP contribution is 2.28. The minimum atomic E-state index is 0.717. The first-order valence-corrected chi connectivity index (χ1v) is 8.02. The molecule has 0 spiro atoms. The van der Waals surface area contributed by atoms with Gasteiger partial charge in [-0.05, 0) is 32.7 Å². The molecular formula is C14H25N3S. The maximum Gasteiger partial charge on any atom is 0.107 e. The van der Waals surface area contributed by atoms with Crippen molar-refractivity contribution >= 4 is 11.3 Å². The maximum atomic E-state index is 4.73.